The van der Waals surface area contributed by atoms with Gasteiger partial charge in [-0.05, 0) is 45.0 Å². The van der Waals surface area contributed by atoms with Gasteiger partial charge in [0.05, 0.1) is 12.5 Å². The topological polar surface area (TPSA) is 84.9 Å². The number of terminal acetylenes is 1. The Morgan fingerprint density at radius 1 is 1.12 bits per heavy atom. The van der Waals surface area contributed by atoms with Gasteiger partial charge in [-0.1, -0.05) is 25.3 Å². The van der Waals surface area contributed by atoms with Crippen LogP contribution in [0.25, 0.3) is 0 Å². The lowest BCUT2D eigenvalue weighted by molar-refractivity contribution is -0.148. The summed E-state index contributed by atoms with van der Waals surface area (Å²) in [6.07, 6.45) is 4.87. The molecule has 1 atom stereocenters. The Hall–Kier alpha value is -3.01. The summed E-state index contributed by atoms with van der Waals surface area (Å²) in [5.74, 6) is 0.350. The van der Waals surface area contributed by atoms with Gasteiger partial charge in [-0.15, -0.1) is 6.42 Å². The van der Waals surface area contributed by atoms with Gasteiger partial charge in [0.1, 0.15) is 16.5 Å². The predicted octanol–water partition coefficient (Wildman–Crippen LogP) is 4.49. The van der Waals surface area contributed by atoms with E-state index >= 15 is 0 Å². The van der Waals surface area contributed by atoms with Gasteiger partial charge < -0.3 is 19.7 Å². The van der Waals surface area contributed by atoms with Crippen LogP contribution in [0.4, 0.5) is 24.2 Å². The van der Waals surface area contributed by atoms with Crippen LogP contribution >= 0.6 is 10.2 Å². The number of amides is 2. The normalized spacial score (nSPS) is 18.5. The van der Waals surface area contributed by atoms with E-state index in [4.69, 9.17) is 11.2 Å². The van der Waals surface area contributed by atoms with Crippen molar-refractivity contribution in [3.63, 3.8) is 0 Å². The number of methoxy groups -OCH3 is 1. The van der Waals surface area contributed by atoms with Crippen molar-refractivity contribution in [2.45, 2.75) is 37.3 Å². The highest BCUT2D eigenvalue weighted by Gasteiger charge is 2.65. The molecule has 1 aliphatic heterocycles. The maximum atomic E-state index is 12.9. The summed E-state index contributed by atoms with van der Waals surface area (Å²) < 4.78 is 74.3. The van der Waals surface area contributed by atoms with E-state index in [-0.39, 0.29) is 25.2 Å². The molecular formula is C20H23F5N2O5S. The van der Waals surface area contributed by atoms with Gasteiger partial charge in [0.15, 0.2) is 0 Å². The van der Waals surface area contributed by atoms with E-state index in [1.807, 2.05) is 0 Å². The number of benzene rings is 1. The first-order chi connectivity index (χ1) is 14.7. The quantitative estimate of drug-likeness (QED) is 0.368. The Labute approximate surface area is 187 Å². The zero-order valence-corrected chi connectivity index (χ0v) is 19.0. The highest BCUT2D eigenvalue weighted by molar-refractivity contribution is 8.45. The molecule has 1 N–H and O–H groups in total. The SMILES string of the molecule is C#CC1([C@H](NC(=O)c2ccc(S(F)(F)(F)(F)F)cc2)C(=O)OC)CN(C(=O)OC(C)(C)C)C1. The number of esters is 1. The average Bonchev–Trinajstić information content (AvgIpc) is 2.62. The third kappa shape index (κ3) is 6.07. The smallest absolute Gasteiger partial charge is 0.410 e. The Balaban J connectivity index is 2.23. The number of carbonyl (C=O) groups excluding carboxylic acids is 3. The lowest BCUT2D eigenvalue weighted by atomic mass is 9.74. The number of hydrogen-bond donors (Lipinski definition) is 1. The highest BCUT2D eigenvalue weighted by atomic mass is 32.5. The third-order valence-electron chi connectivity index (χ3n) is 4.71. The van der Waals surface area contributed by atoms with Crippen LogP contribution < -0.4 is 5.32 Å². The van der Waals surface area contributed by atoms with Crippen LogP contribution in [0.3, 0.4) is 0 Å². The van der Waals surface area contributed by atoms with Crippen molar-refractivity contribution in [2.24, 2.45) is 5.41 Å². The first-order valence-corrected chi connectivity index (χ1v) is 11.3. The molecule has 1 aliphatic rings. The first-order valence-electron chi connectivity index (χ1n) is 9.40. The molecule has 0 bridgehead atoms. The van der Waals surface area contributed by atoms with Gasteiger partial charge >= 0.3 is 22.3 Å². The van der Waals surface area contributed by atoms with Crippen LogP contribution in [0.5, 0.6) is 0 Å². The molecule has 0 aliphatic carbocycles. The van der Waals surface area contributed by atoms with Gasteiger partial charge in [-0.3, -0.25) is 4.79 Å². The molecule has 1 aromatic rings. The molecule has 2 rings (SSSR count). The minimum atomic E-state index is -9.91. The molecule has 33 heavy (non-hydrogen) atoms. The monoisotopic (exact) mass is 498 g/mol. The van der Waals surface area contributed by atoms with E-state index in [9.17, 15) is 33.8 Å². The molecule has 0 radical (unpaired) electrons. The van der Waals surface area contributed by atoms with Crippen molar-refractivity contribution in [3.05, 3.63) is 29.8 Å². The van der Waals surface area contributed by atoms with Crippen molar-refractivity contribution >= 4 is 28.2 Å². The molecular weight excluding hydrogens is 475 g/mol. The molecule has 0 spiro atoms. The largest absolute Gasteiger partial charge is 0.467 e. The molecule has 1 fully saturated rings. The summed E-state index contributed by atoms with van der Waals surface area (Å²) in [5, 5.41) is 2.27. The fourth-order valence-corrected chi connectivity index (χ4v) is 3.72. The summed E-state index contributed by atoms with van der Waals surface area (Å²) in [4.78, 5) is 36.1. The van der Waals surface area contributed by atoms with Gasteiger partial charge in [-0.2, -0.15) is 0 Å². The van der Waals surface area contributed by atoms with Gasteiger partial charge in [0.25, 0.3) is 5.91 Å². The fraction of sp³-hybridized carbons (Fsp3) is 0.450. The van der Waals surface area contributed by atoms with Crippen molar-refractivity contribution in [2.75, 3.05) is 20.2 Å². The minimum absolute atomic E-state index is 0.0775. The molecule has 7 nitrogen and oxygen atoms in total. The Kier molecular flexibility index (Phi) is 5.97. The maximum Gasteiger partial charge on any atom is 0.410 e. The number of rotatable bonds is 5. The summed E-state index contributed by atoms with van der Waals surface area (Å²) in [6, 6.07) is -0.225. The van der Waals surface area contributed by atoms with Crippen molar-refractivity contribution in [1.29, 1.82) is 0 Å². The van der Waals surface area contributed by atoms with E-state index in [1.54, 1.807) is 20.8 Å². The number of nitrogens with one attached hydrogen (secondary N) is 1. The molecule has 1 aromatic carbocycles. The van der Waals surface area contributed by atoms with E-state index < -0.39 is 55.7 Å². The first kappa shape index (κ1) is 26.2. The lowest BCUT2D eigenvalue weighted by Gasteiger charge is -2.49. The zero-order valence-electron chi connectivity index (χ0n) is 18.2. The molecule has 0 unspecified atom stereocenters. The van der Waals surface area contributed by atoms with E-state index in [0.29, 0.717) is 12.1 Å². The van der Waals surface area contributed by atoms with Gasteiger partial charge in [0, 0.05) is 18.7 Å². The second kappa shape index (κ2) is 7.51. The average molecular weight is 498 g/mol. The highest BCUT2D eigenvalue weighted by Crippen LogP contribution is 3.02. The van der Waals surface area contributed by atoms with Crippen LogP contribution in [-0.4, -0.2) is 54.7 Å². The standard InChI is InChI=1S/C20H23F5N2O5S/c1-6-20(11-27(12-20)18(30)32-19(2,3)4)15(17(29)31-5)26-16(28)13-7-9-14(10-8-13)33(21,22,23,24)25/h1,7-10,15H,11-12H2,2-5H3,(H,26,28)/t15-/m1/s1. The number of ether oxygens (including phenoxy) is 2. The second-order valence-electron chi connectivity index (χ2n) is 8.56. The summed E-state index contributed by atoms with van der Waals surface area (Å²) in [7, 11) is -8.88. The molecule has 2 amide bonds. The summed E-state index contributed by atoms with van der Waals surface area (Å²) in [5.41, 5.74) is -2.60. The van der Waals surface area contributed by atoms with Crippen molar-refractivity contribution in [1.82, 2.24) is 10.2 Å². The Morgan fingerprint density at radius 2 is 1.64 bits per heavy atom. The Morgan fingerprint density at radius 3 is 2.03 bits per heavy atom. The number of hydrogen-bond acceptors (Lipinski definition) is 5. The molecule has 13 heteroatoms. The third-order valence-corrected chi connectivity index (χ3v) is 5.88. The fourth-order valence-electron chi connectivity index (χ4n) is 3.07. The molecule has 0 saturated carbocycles. The van der Waals surface area contributed by atoms with E-state index in [0.717, 1.165) is 7.11 Å². The number of halogens is 5. The molecule has 184 valence electrons. The Bertz CT molecular complexity index is 1010. The van der Waals surface area contributed by atoms with Gasteiger partial charge in [0.2, 0.25) is 0 Å². The van der Waals surface area contributed by atoms with Crippen molar-refractivity contribution < 1.29 is 43.3 Å². The second-order valence-corrected chi connectivity index (χ2v) is 11.0. The molecule has 0 aromatic heterocycles. The van der Waals surface area contributed by atoms with Crippen LogP contribution in [0, 0.1) is 17.8 Å². The molecule has 1 heterocycles. The van der Waals surface area contributed by atoms with Crippen LogP contribution in [0.1, 0.15) is 31.1 Å². The van der Waals surface area contributed by atoms with Crippen LogP contribution in [0.15, 0.2) is 29.2 Å². The van der Waals surface area contributed by atoms with Crippen LogP contribution in [-0.2, 0) is 14.3 Å². The number of likely N-dealkylation sites (tertiary alicyclic amines) is 1. The van der Waals surface area contributed by atoms with Crippen LogP contribution in [0.2, 0.25) is 0 Å². The summed E-state index contributed by atoms with van der Waals surface area (Å²) in [6.45, 7) is 4.60. The lowest BCUT2D eigenvalue weighted by Crippen LogP contribution is -2.68. The van der Waals surface area contributed by atoms with E-state index in [2.05, 4.69) is 16.0 Å². The van der Waals surface area contributed by atoms with E-state index in [1.165, 1.54) is 4.90 Å². The zero-order chi connectivity index (χ0) is 25.5. The van der Waals surface area contributed by atoms with Gasteiger partial charge in [-0.25, -0.2) is 9.59 Å². The summed E-state index contributed by atoms with van der Waals surface area (Å²) >= 11 is 0. The maximum absolute atomic E-state index is 12.9. The number of nitrogens with zero attached hydrogens (tertiary/aromatic N) is 1. The van der Waals surface area contributed by atoms with Crippen molar-refractivity contribution in [3.8, 4) is 12.3 Å². The number of carbonyl (C=O) groups is 3. The minimum Gasteiger partial charge on any atom is -0.467 e. The molecule has 1 saturated heterocycles. The predicted molar refractivity (Wildman–Crippen MR) is 110 cm³/mol.